The van der Waals surface area contributed by atoms with E-state index in [1.807, 2.05) is 0 Å². The number of hydrogen-bond donors (Lipinski definition) is 2. The van der Waals surface area contributed by atoms with Crippen molar-refractivity contribution >= 4 is 12.6 Å². The molecule has 0 radical (unpaired) electrons. The molecule has 0 spiro atoms. The zero-order valence-electron chi connectivity index (χ0n) is 5.01. The van der Waals surface area contributed by atoms with Crippen LogP contribution in [-0.4, -0.2) is 11.3 Å². The van der Waals surface area contributed by atoms with Gasteiger partial charge in [0.2, 0.25) is 0 Å². The average Bonchev–Trinajstić information content (AvgIpc) is 1.77. The maximum Gasteiger partial charge on any atom is 0.00396 e. The van der Waals surface area contributed by atoms with Crippen LogP contribution in [0.1, 0.15) is 25.7 Å². The summed E-state index contributed by atoms with van der Waals surface area (Å²) in [5.74, 6) is 0. The van der Waals surface area contributed by atoms with Crippen molar-refractivity contribution in [2.45, 2.75) is 37.0 Å². The van der Waals surface area contributed by atoms with E-state index in [0.717, 1.165) is 0 Å². The van der Waals surface area contributed by atoms with Crippen LogP contribution in [0.15, 0.2) is 0 Å². The predicted octanol–water partition coefficient (Wildman–Crippen LogP) is 1.19. The van der Waals surface area contributed by atoms with Crippen molar-refractivity contribution in [1.29, 1.82) is 0 Å². The topological polar surface area (TPSA) is 26.0 Å². The number of nitrogens with two attached hydrogens (primary N) is 1. The number of thiol groups is 1. The van der Waals surface area contributed by atoms with Gasteiger partial charge in [0.1, 0.15) is 0 Å². The van der Waals surface area contributed by atoms with Gasteiger partial charge in [0.05, 0.1) is 0 Å². The molecule has 0 unspecified atom stereocenters. The molecule has 0 aliphatic heterocycles. The molecule has 1 nitrogen and oxygen atoms in total. The van der Waals surface area contributed by atoms with E-state index in [-0.39, 0.29) is 0 Å². The van der Waals surface area contributed by atoms with Crippen LogP contribution in [0.5, 0.6) is 0 Å². The molecule has 0 aromatic rings. The third-order valence-electron chi connectivity index (χ3n) is 1.74. The van der Waals surface area contributed by atoms with Gasteiger partial charge >= 0.3 is 0 Å². The zero-order valence-corrected chi connectivity index (χ0v) is 5.90. The van der Waals surface area contributed by atoms with Crippen LogP contribution < -0.4 is 5.73 Å². The summed E-state index contributed by atoms with van der Waals surface area (Å²) in [6.45, 7) is 0. The second-order valence-corrected chi connectivity index (χ2v) is 3.30. The molecule has 1 aliphatic rings. The van der Waals surface area contributed by atoms with E-state index in [1.54, 1.807) is 0 Å². The van der Waals surface area contributed by atoms with E-state index in [1.165, 1.54) is 25.7 Å². The number of rotatable bonds is 0. The first-order valence-electron chi connectivity index (χ1n) is 3.22. The summed E-state index contributed by atoms with van der Waals surface area (Å²) in [6, 6.07) is 0.471. The highest BCUT2D eigenvalue weighted by molar-refractivity contribution is 7.80. The molecule has 0 amide bonds. The lowest BCUT2D eigenvalue weighted by atomic mass is 9.96. The lowest BCUT2D eigenvalue weighted by molar-refractivity contribution is 0.452. The highest BCUT2D eigenvalue weighted by Crippen LogP contribution is 2.20. The molecular formula is C6H13NS. The Labute approximate surface area is 56.1 Å². The maximum absolute atomic E-state index is 5.66. The highest BCUT2D eigenvalue weighted by Gasteiger charge is 2.14. The minimum absolute atomic E-state index is 0.471. The fraction of sp³-hybridized carbons (Fsp3) is 1.00. The van der Waals surface area contributed by atoms with E-state index in [4.69, 9.17) is 5.73 Å². The molecule has 1 rings (SSSR count). The van der Waals surface area contributed by atoms with Crippen LogP contribution in [0.4, 0.5) is 0 Å². The summed E-state index contributed by atoms with van der Waals surface area (Å²) < 4.78 is 0. The molecule has 2 N–H and O–H groups in total. The molecule has 8 heavy (non-hydrogen) atoms. The Morgan fingerprint density at radius 1 is 1.12 bits per heavy atom. The van der Waals surface area contributed by atoms with Gasteiger partial charge in [-0.2, -0.15) is 12.6 Å². The zero-order chi connectivity index (χ0) is 5.98. The van der Waals surface area contributed by atoms with Gasteiger partial charge in [-0.3, -0.25) is 0 Å². The molecule has 2 heteroatoms. The number of hydrogen-bond acceptors (Lipinski definition) is 2. The minimum atomic E-state index is 0.471. The van der Waals surface area contributed by atoms with E-state index >= 15 is 0 Å². The molecule has 0 aromatic heterocycles. The van der Waals surface area contributed by atoms with E-state index < -0.39 is 0 Å². The summed E-state index contributed by atoms with van der Waals surface area (Å²) in [5.41, 5.74) is 5.66. The van der Waals surface area contributed by atoms with Crippen LogP contribution in [0.2, 0.25) is 0 Å². The van der Waals surface area contributed by atoms with Crippen molar-refractivity contribution < 1.29 is 0 Å². The van der Waals surface area contributed by atoms with Gasteiger partial charge < -0.3 is 5.73 Å². The second kappa shape index (κ2) is 2.74. The summed E-state index contributed by atoms with van der Waals surface area (Å²) >= 11 is 4.35. The quantitative estimate of drug-likeness (QED) is 0.474. The Balaban J connectivity index is 2.19. The van der Waals surface area contributed by atoms with Crippen LogP contribution in [0, 0.1) is 0 Å². The van der Waals surface area contributed by atoms with Crippen molar-refractivity contribution in [3.8, 4) is 0 Å². The first kappa shape index (κ1) is 6.43. The van der Waals surface area contributed by atoms with Crippen molar-refractivity contribution in [1.82, 2.24) is 0 Å². The van der Waals surface area contributed by atoms with Gasteiger partial charge in [-0.1, -0.05) is 0 Å². The summed E-state index contributed by atoms with van der Waals surface area (Å²) in [6.07, 6.45) is 4.77. The van der Waals surface area contributed by atoms with Crippen molar-refractivity contribution in [2.75, 3.05) is 0 Å². The minimum Gasteiger partial charge on any atom is -0.328 e. The molecule has 1 saturated carbocycles. The van der Waals surface area contributed by atoms with Crippen LogP contribution >= 0.6 is 12.6 Å². The largest absolute Gasteiger partial charge is 0.328 e. The van der Waals surface area contributed by atoms with Gasteiger partial charge in [0.25, 0.3) is 0 Å². The molecule has 1 aliphatic carbocycles. The highest BCUT2D eigenvalue weighted by atomic mass is 32.1. The maximum atomic E-state index is 5.66. The van der Waals surface area contributed by atoms with Crippen molar-refractivity contribution in [3.63, 3.8) is 0 Å². The van der Waals surface area contributed by atoms with Crippen LogP contribution in [-0.2, 0) is 0 Å². The molecule has 0 bridgehead atoms. The molecule has 1 fully saturated rings. The fourth-order valence-corrected chi connectivity index (χ4v) is 1.40. The molecule has 0 heterocycles. The van der Waals surface area contributed by atoms with E-state index in [0.29, 0.717) is 11.3 Å². The van der Waals surface area contributed by atoms with Gasteiger partial charge in [-0.15, -0.1) is 0 Å². The summed E-state index contributed by atoms with van der Waals surface area (Å²) in [4.78, 5) is 0. The molecular weight excluding hydrogens is 118 g/mol. The normalized spacial score (nSPS) is 39.8. The monoisotopic (exact) mass is 131 g/mol. The Bertz CT molecular complexity index is 56.9. The summed E-state index contributed by atoms with van der Waals surface area (Å²) in [5, 5.41) is 0.634. The molecule has 48 valence electrons. The van der Waals surface area contributed by atoms with Gasteiger partial charge in [0.15, 0.2) is 0 Å². The Morgan fingerprint density at radius 3 is 2.00 bits per heavy atom. The third kappa shape index (κ3) is 1.67. The smallest absolute Gasteiger partial charge is 0.00396 e. The predicted molar refractivity (Wildman–Crippen MR) is 39.2 cm³/mol. The molecule has 0 aromatic carbocycles. The van der Waals surface area contributed by atoms with Gasteiger partial charge in [0, 0.05) is 11.3 Å². The lowest BCUT2D eigenvalue weighted by Crippen LogP contribution is -2.26. The van der Waals surface area contributed by atoms with Crippen LogP contribution in [0.3, 0.4) is 0 Å². The first-order valence-corrected chi connectivity index (χ1v) is 3.74. The molecule has 0 atom stereocenters. The fourth-order valence-electron chi connectivity index (χ4n) is 1.10. The van der Waals surface area contributed by atoms with E-state index in [9.17, 15) is 0 Å². The Kier molecular flexibility index (Phi) is 2.20. The van der Waals surface area contributed by atoms with Gasteiger partial charge in [-0.05, 0) is 25.7 Å². The van der Waals surface area contributed by atoms with E-state index in [2.05, 4.69) is 12.6 Å². The Morgan fingerprint density at radius 2 is 1.62 bits per heavy atom. The lowest BCUT2D eigenvalue weighted by Gasteiger charge is -2.21. The van der Waals surface area contributed by atoms with Crippen molar-refractivity contribution in [2.24, 2.45) is 5.73 Å². The second-order valence-electron chi connectivity index (χ2n) is 2.57. The third-order valence-corrected chi connectivity index (χ3v) is 2.26. The van der Waals surface area contributed by atoms with Crippen molar-refractivity contribution in [3.05, 3.63) is 0 Å². The average molecular weight is 131 g/mol. The molecule has 0 saturated heterocycles. The SMILES string of the molecule is N[C@H]1CC[C@H](S)CC1. The summed E-state index contributed by atoms with van der Waals surface area (Å²) in [7, 11) is 0. The van der Waals surface area contributed by atoms with Gasteiger partial charge in [-0.25, -0.2) is 0 Å². The Hall–Kier alpha value is 0.310. The first-order chi connectivity index (χ1) is 3.79. The van der Waals surface area contributed by atoms with Crippen LogP contribution in [0.25, 0.3) is 0 Å². The standard InChI is InChI=1S/C6H13NS/c7-5-1-3-6(8)4-2-5/h5-6,8H,1-4,7H2/t5-,6-.